The van der Waals surface area contributed by atoms with Gasteiger partial charge in [0.1, 0.15) is 10.6 Å². The first-order chi connectivity index (χ1) is 12.0. The molecule has 0 atom stereocenters. The van der Waals surface area contributed by atoms with Crippen molar-refractivity contribution in [3.8, 4) is 17.6 Å². The minimum atomic E-state index is -3.74. The second-order valence-corrected chi connectivity index (χ2v) is 6.78. The number of amides is 1. The summed E-state index contributed by atoms with van der Waals surface area (Å²) in [5, 5.41) is 2.63. The first kappa shape index (κ1) is 18.5. The lowest BCUT2D eigenvalue weighted by molar-refractivity contribution is 0.0958. The lowest BCUT2D eigenvalue weighted by atomic mass is 10.2. The smallest absolute Gasteiger partial charge is 0.252 e. The van der Waals surface area contributed by atoms with Crippen LogP contribution in [0.5, 0.6) is 5.75 Å². The van der Waals surface area contributed by atoms with Crippen molar-refractivity contribution in [2.75, 3.05) is 20.7 Å². The number of nitrogens with one attached hydrogen (secondary N) is 2. The predicted molar refractivity (Wildman–Crippen MR) is 94.9 cm³/mol. The Morgan fingerprint density at radius 3 is 2.52 bits per heavy atom. The van der Waals surface area contributed by atoms with E-state index in [9.17, 15) is 13.2 Å². The van der Waals surface area contributed by atoms with Crippen LogP contribution in [0.15, 0.2) is 53.4 Å². The van der Waals surface area contributed by atoms with Crippen LogP contribution in [0.2, 0.25) is 0 Å². The van der Waals surface area contributed by atoms with Crippen molar-refractivity contribution in [1.82, 2.24) is 10.0 Å². The Hall–Kier alpha value is -2.82. The van der Waals surface area contributed by atoms with Gasteiger partial charge >= 0.3 is 0 Å². The zero-order chi connectivity index (χ0) is 18.3. The molecule has 0 fully saturated rings. The van der Waals surface area contributed by atoms with Crippen LogP contribution in [0.4, 0.5) is 0 Å². The Kier molecular flexibility index (Phi) is 6.17. The van der Waals surface area contributed by atoms with Crippen molar-refractivity contribution >= 4 is 15.9 Å². The Morgan fingerprint density at radius 1 is 1.16 bits per heavy atom. The molecule has 7 heteroatoms. The molecule has 6 nitrogen and oxygen atoms in total. The molecule has 0 saturated carbocycles. The summed E-state index contributed by atoms with van der Waals surface area (Å²) in [5.41, 5.74) is 1.06. The fraction of sp³-hybridized carbons (Fsp3) is 0.167. The highest BCUT2D eigenvalue weighted by Crippen LogP contribution is 2.24. The lowest BCUT2D eigenvalue weighted by Crippen LogP contribution is -2.25. The second kappa shape index (κ2) is 8.33. The van der Waals surface area contributed by atoms with Crippen LogP contribution in [0.25, 0.3) is 0 Å². The van der Waals surface area contributed by atoms with E-state index in [0.717, 1.165) is 5.56 Å². The predicted octanol–water partition coefficient (Wildman–Crippen LogP) is 1.38. The zero-order valence-corrected chi connectivity index (χ0v) is 14.7. The van der Waals surface area contributed by atoms with Crippen LogP contribution in [-0.4, -0.2) is 35.0 Å². The van der Waals surface area contributed by atoms with E-state index in [1.165, 1.54) is 32.4 Å². The van der Waals surface area contributed by atoms with E-state index in [4.69, 9.17) is 4.74 Å². The fourth-order valence-electron chi connectivity index (χ4n) is 2.03. The Balaban J connectivity index is 2.12. The lowest BCUT2D eigenvalue weighted by Gasteiger charge is -2.10. The van der Waals surface area contributed by atoms with Crippen LogP contribution in [0, 0.1) is 11.8 Å². The van der Waals surface area contributed by atoms with Gasteiger partial charge in [-0.2, -0.15) is 0 Å². The minimum Gasteiger partial charge on any atom is -0.495 e. The van der Waals surface area contributed by atoms with Crippen molar-refractivity contribution in [3.05, 3.63) is 59.7 Å². The molecule has 2 N–H and O–H groups in total. The van der Waals surface area contributed by atoms with E-state index < -0.39 is 15.9 Å². The van der Waals surface area contributed by atoms with Gasteiger partial charge < -0.3 is 10.1 Å². The summed E-state index contributed by atoms with van der Waals surface area (Å²) in [6.45, 7) is 0.147. The molecule has 0 aliphatic heterocycles. The molecule has 0 spiro atoms. The maximum absolute atomic E-state index is 12.2. The van der Waals surface area contributed by atoms with Gasteiger partial charge in [-0.3, -0.25) is 4.79 Å². The standard InChI is InChI=1S/C18H18N2O4S/c1-19-25(22,23)17-13-15(10-11-16(17)24-2)18(21)20-12-6-9-14-7-4-3-5-8-14/h3-5,7-8,10-11,13,19H,12H2,1-2H3,(H,20,21). The summed E-state index contributed by atoms with van der Waals surface area (Å²) in [5.74, 6) is 5.51. The third-order valence-corrected chi connectivity index (χ3v) is 4.76. The van der Waals surface area contributed by atoms with Crippen LogP contribution >= 0.6 is 0 Å². The van der Waals surface area contributed by atoms with E-state index in [2.05, 4.69) is 21.9 Å². The van der Waals surface area contributed by atoms with E-state index in [1.807, 2.05) is 30.3 Å². The number of carbonyl (C=O) groups excluding carboxylic acids is 1. The van der Waals surface area contributed by atoms with Gasteiger partial charge in [-0.1, -0.05) is 30.0 Å². The number of sulfonamides is 1. The number of carbonyl (C=O) groups is 1. The number of methoxy groups -OCH3 is 1. The summed E-state index contributed by atoms with van der Waals surface area (Å²) in [7, 11) is -1.08. The molecular formula is C18H18N2O4S. The van der Waals surface area contributed by atoms with Gasteiger partial charge in [0.15, 0.2) is 0 Å². The quantitative estimate of drug-likeness (QED) is 0.791. The van der Waals surface area contributed by atoms with Crippen molar-refractivity contribution < 1.29 is 17.9 Å². The van der Waals surface area contributed by atoms with Gasteiger partial charge in [0, 0.05) is 11.1 Å². The summed E-state index contributed by atoms with van der Waals surface area (Å²) >= 11 is 0. The summed E-state index contributed by atoms with van der Waals surface area (Å²) in [6.07, 6.45) is 0. The van der Waals surface area contributed by atoms with E-state index >= 15 is 0 Å². The van der Waals surface area contributed by atoms with Gasteiger partial charge in [-0.25, -0.2) is 13.1 Å². The number of rotatable bonds is 5. The molecular weight excluding hydrogens is 340 g/mol. The maximum atomic E-state index is 12.2. The summed E-state index contributed by atoms with van der Waals surface area (Å²) in [6, 6.07) is 13.6. The van der Waals surface area contributed by atoms with E-state index in [1.54, 1.807) is 0 Å². The van der Waals surface area contributed by atoms with Crippen molar-refractivity contribution in [1.29, 1.82) is 0 Å². The van der Waals surface area contributed by atoms with Crippen LogP contribution in [-0.2, 0) is 10.0 Å². The van der Waals surface area contributed by atoms with Gasteiger partial charge in [-0.15, -0.1) is 0 Å². The van der Waals surface area contributed by atoms with Gasteiger partial charge in [-0.05, 0) is 37.4 Å². The first-order valence-electron chi connectivity index (χ1n) is 7.41. The molecule has 2 aromatic rings. The fourth-order valence-corrected chi connectivity index (χ4v) is 2.95. The molecule has 0 aromatic heterocycles. The Bertz CT molecular complexity index is 913. The molecule has 0 aliphatic carbocycles. The molecule has 0 saturated heterocycles. The molecule has 0 unspecified atom stereocenters. The third kappa shape index (κ3) is 4.83. The van der Waals surface area contributed by atoms with Crippen molar-refractivity contribution in [2.45, 2.75) is 4.90 Å². The largest absolute Gasteiger partial charge is 0.495 e. The maximum Gasteiger partial charge on any atom is 0.252 e. The SMILES string of the molecule is CNS(=O)(=O)c1cc(C(=O)NCC#Cc2ccccc2)ccc1OC. The van der Waals surface area contributed by atoms with Gasteiger partial charge in [0.2, 0.25) is 10.0 Å². The topological polar surface area (TPSA) is 84.5 Å². The molecule has 1 amide bonds. The zero-order valence-electron chi connectivity index (χ0n) is 13.9. The highest BCUT2D eigenvalue weighted by atomic mass is 32.2. The summed E-state index contributed by atoms with van der Waals surface area (Å²) in [4.78, 5) is 12.1. The molecule has 0 heterocycles. The number of ether oxygens (including phenoxy) is 1. The second-order valence-electron chi connectivity index (χ2n) is 4.92. The van der Waals surface area contributed by atoms with Crippen LogP contribution < -0.4 is 14.8 Å². The number of hydrogen-bond donors (Lipinski definition) is 2. The molecule has 0 bridgehead atoms. The Morgan fingerprint density at radius 2 is 1.88 bits per heavy atom. The first-order valence-corrected chi connectivity index (χ1v) is 8.90. The monoisotopic (exact) mass is 358 g/mol. The van der Waals surface area contributed by atoms with E-state index in [-0.39, 0.29) is 22.8 Å². The minimum absolute atomic E-state index is 0.0967. The Labute approximate surface area is 147 Å². The molecule has 0 radical (unpaired) electrons. The average Bonchev–Trinajstić information content (AvgIpc) is 2.65. The normalized spacial score (nSPS) is 10.5. The molecule has 0 aliphatic rings. The van der Waals surface area contributed by atoms with Crippen molar-refractivity contribution in [2.24, 2.45) is 0 Å². The molecule has 2 aromatic carbocycles. The van der Waals surface area contributed by atoms with Crippen LogP contribution in [0.1, 0.15) is 15.9 Å². The van der Waals surface area contributed by atoms with Crippen molar-refractivity contribution in [3.63, 3.8) is 0 Å². The molecule has 2 rings (SSSR count). The number of benzene rings is 2. The van der Waals surface area contributed by atoms with Crippen LogP contribution in [0.3, 0.4) is 0 Å². The van der Waals surface area contributed by atoms with Gasteiger partial charge in [0.05, 0.1) is 13.7 Å². The number of hydrogen-bond acceptors (Lipinski definition) is 4. The molecule has 130 valence electrons. The highest BCUT2D eigenvalue weighted by molar-refractivity contribution is 7.89. The van der Waals surface area contributed by atoms with Gasteiger partial charge in [0.25, 0.3) is 5.91 Å². The molecule has 25 heavy (non-hydrogen) atoms. The summed E-state index contributed by atoms with van der Waals surface area (Å²) < 4.78 is 31.3. The highest BCUT2D eigenvalue weighted by Gasteiger charge is 2.19. The third-order valence-electron chi connectivity index (χ3n) is 3.33. The van der Waals surface area contributed by atoms with E-state index in [0.29, 0.717) is 0 Å². The average molecular weight is 358 g/mol.